The molecule has 0 atom stereocenters. The van der Waals surface area contributed by atoms with E-state index in [-0.39, 0.29) is 5.92 Å². The fraction of sp³-hybridized carbons (Fsp3) is 0.652. The van der Waals surface area contributed by atoms with Crippen molar-refractivity contribution in [1.29, 1.82) is 0 Å². The molecule has 3 N–H and O–H groups in total. The van der Waals surface area contributed by atoms with Crippen LogP contribution in [0.15, 0.2) is 23.2 Å². The number of nitrogens with two attached hydrogens (primary N) is 1. The molecule has 0 bridgehead atoms. The lowest BCUT2D eigenvalue weighted by Crippen LogP contribution is -2.51. The Bertz CT molecular complexity index is 733. The van der Waals surface area contributed by atoms with Crippen molar-refractivity contribution in [2.45, 2.75) is 51.4 Å². The van der Waals surface area contributed by atoms with Crippen LogP contribution >= 0.6 is 0 Å². The van der Waals surface area contributed by atoms with Crippen LogP contribution in [0, 0.1) is 5.92 Å². The van der Waals surface area contributed by atoms with Gasteiger partial charge in [-0.05, 0) is 55.4 Å². The zero-order valence-corrected chi connectivity index (χ0v) is 17.5. The number of piperazine rings is 1. The SMILES string of the molecule is NC(=NCCN1CCN(C(=O)C2CCCCC2)CC1)Nc1ccc2c(c1)CCC2. The third-order valence-electron chi connectivity index (χ3n) is 6.71. The number of nitrogens with one attached hydrogen (secondary N) is 1. The number of aryl methyl sites for hydroxylation is 2. The molecule has 1 aromatic carbocycles. The minimum absolute atomic E-state index is 0.282. The van der Waals surface area contributed by atoms with Crippen molar-refractivity contribution >= 4 is 17.6 Å². The van der Waals surface area contributed by atoms with Crippen molar-refractivity contribution in [3.05, 3.63) is 29.3 Å². The van der Waals surface area contributed by atoms with Gasteiger partial charge in [-0.2, -0.15) is 0 Å². The highest BCUT2D eigenvalue weighted by Crippen LogP contribution is 2.26. The quantitative estimate of drug-likeness (QED) is 0.592. The molecule has 0 spiro atoms. The van der Waals surface area contributed by atoms with Gasteiger partial charge in [-0.15, -0.1) is 0 Å². The molecular weight excluding hydrogens is 362 g/mol. The van der Waals surface area contributed by atoms with Crippen LogP contribution in [0.2, 0.25) is 0 Å². The molecule has 1 aliphatic heterocycles. The number of amides is 1. The van der Waals surface area contributed by atoms with Gasteiger partial charge in [0, 0.05) is 44.3 Å². The second kappa shape index (κ2) is 9.61. The molecule has 3 aliphatic rings. The van der Waals surface area contributed by atoms with Gasteiger partial charge in [0.2, 0.25) is 5.91 Å². The fourth-order valence-electron chi connectivity index (χ4n) is 4.95. The Morgan fingerprint density at radius 1 is 1.03 bits per heavy atom. The van der Waals surface area contributed by atoms with Crippen LogP contribution in [-0.4, -0.2) is 60.9 Å². The van der Waals surface area contributed by atoms with Crippen LogP contribution in [0.4, 0.5) is 5.69 Å². The van der Waals surface area contributed by atoms with Crippen molar-refractivity contribution in [3.8, 4) is 0 Å². The monoisotopic (exact) mass is 397 g/mol. The molecule has 29 heavy (non-hydrogen) atoms. The summed E-state index contributed by atoms with van der Waals surface area (Å²) in [4.78, 5) is 21.6. The third kappa shape index (κ3) is 5.30. The van der Waals surface area contributed by atoms with Crippen molar-refractivity contribution in [2.75, 3.05) is 44.6 Å². The fourth-order valence-corrected chi connectivity index (χ4v) is 4.95. The van der Waals surface area contributed by atoms with E-state index in [9.17, 15) is 4.79 Å². The van der Waals surface area contributed by atoms with Crippen LogP contribution in [0.1, 0.15) is 49.7 Å². The lowest BCUT2D eigenvalue weighted by Gasteiger charge is -2.37. The van der Waals surface area contributed by atoms with Crippen LogP contribution in [0.3, 0.4) is 0 Å². The minimum atomic E-state index is 0.282. The zero-order chi connectivity index (χ0) is 20.1. The van der Waals surface area contributed by atoms with E-state index >= 15 is 0 Å². The van der Waals surface area contributed by atoms with Gasteiger partial charge in [0.25, 0.3) is 0 Å². The molecular formula is C23H35N5O. The summed E-state index contributed by atoms with van der Waals surface area (Å²) in [6, 6.07) is 6.49. The largest absolute Gasteiger partial charge is 0.370 e. The van der Waals surface area contributed by atoms with Crippen LogP contribution in [0.25, 0.3) is 0 Å². The maximum Gasteiger partial charge on any atom is 0.225 e. The summed E-state index contributed by atoms with van der Waals surface area (Å²) in [5.41, 5.74) is 10.0. The van der Waals surface area contributed by atoms with Gasteiger partial charge in [0.1, 0.15) is 0 Å². The second-order valence-corrected chi connectivity index (χ2v) is 8.73. The first-order valence-electron chi connectivity index (χ1n) is 11.4. The average Bonchev–Trinajstić information content (AvgIpc) is 3.22. The standard InChI is InChI=1S/C23H35N5O/c24-23(26-21-10-9-18-7-4-8-20(18)17-21)25-11-12-27-13-15-28(16-14-27)22(29)19-5-2-1-3-6-19/h9-10,17,19H,1-8,11-16H2,(H3,24,25,26). The number of nitrogens with zero attached hydrogens (tertiary/aromatic N) is 3. The molecule has 2 aliphatic carbocycles. The summed E-state index contributed by atoms with van der Waals surface area (Å²) < 4.78 is 0. The number of hydrogen-bond acceptors (Lipinski definition) is 3. The average molecular weight is 398 g/mol. The zero-order valence-electron chi connectivity index (χ0n) is 17.5. The number of carbonyl (C=O) groups is 1. The van der Waals surface area contributed by atoms with Gasteiger partial charge in [-0.25, -0.2) is 0 Å². The Kier molecular flexibility index (Phi) is 6.70. The van der Waals surface area contributed by atoms with Gasteiger partial charge < -0.3 is 16.0 Å². The van der Waals surface area contributed by atoms with Gasteiger partial charge in [0.15, 0.2) is 5.96 Å². The number of hydrogen-bond donors (Lipinski definition) is 2. The first-order chi connectivity index (χ1) is 14.2. The van der Waals surface area contributed by atoms with E-state index in [4.69, 9.17) is 5.73 Å². The molecule has 1 amide bonds. The van der Waals surface area contributed by atoms with Gasteiger partial charge in [0.05, 0.1) is 6.54 Å². The summed E-state index contributed by atoms with van der Waals surface area (Å²) in [5.74, 6) is 1.16. The Hall–Kier alpha value is -2.08. The van der Waals surface area contributed by atoms with Crippen molar-refractivity contribution in [1.82, 2.24) is 9.80 Å². The minimum Gasteiger partial charge on any atom is -0.370 e. The second-order valence-electron chi connectivity index (χ2n) is 8.73. The summed E-state index contributed by atoms with van der Waals surface area (Å²) >= 11 is 0. The number of fused-ring (bicyclic) bond motifs is 1. The Morgan fingerprint density at radius 3 is 2.59 bits per heavy atom. The van der Waals surface area contributed by atoms with Gasteiger partial charge >= 0.3 is 0 Å². The normalized spacial score (nSPS) is 21.2. The summed E-state index contributed by atoms with van der Waals surface area (Å²) in [6.07, 6.45) is 9.51. The maximum absolute atomic E-state index is 12.7. The van der Waals surface area contributed by atoms with Crippen molar-refractivity contribution in [3.63, 3.8) is 0 Å². The Morgan fingerprint density at radius 2 is 1.79 bits per heavy atom. The van der Waals surface area contributed by atoms with Gasteiger partial charge in [-0.1, -0.05) is 25.3 Å². The van der Waals surface area contributed by atoms with Crippen LogP contribution in [0.5, 0.6) is 0 Å². The number of carbonyl (C=O) groups excluding carboxylic acids is 1. The van der Waals surface area contributed by atoms with E-state index in [1.165, 1.54) is 43.2 Å². The molecule has 2 fully saturated rings. The summed E-state index contributed by atoms with van der Waals surface area (Å²) in [5, 5.41) is 3.22. The molecule has 1 saturated carbocycles. The maximum atomic E-state index is 12.7. The molecule has 1 aromatic rings. The predicted octanol–water partition coefficient (Wildman–Crippen LogP) is 2.63. The molecule has 6 nitrogen and oxygen atoms in total. The number of aliphatic imine (C=N–C) groups is 1. The first-order valence-corrected chi connectivity index (χ1v) is 11.4. The van der Waals surface area contributed by atoms with E-state index in [1.54, 1.807) is 0 Å². The highest BCUT2D eigenvalue weighted by Gasteiger charge is 2.28. The molecule has 158 valence electrons. The molecule has 4 rings (SSSR count). The van der Waals surface area contributed by atoms with Gasteiger partial charge in [-0.3, -0.25) is 14.7 Å². The molecule has 1 heterocycles. The van der Waals surface area contributed by atoms with Crippen LogP contribution in [-0.2, 0) is 17.6 Å². The number of guanidine groups is 1. The molecule has 1 saturated heterocycles. The van der Waals surface area contributed by atoms with E-state index in [2.05, 4.69) is 38.3 Å². The highest BCUT2D eigenvalue weighted by molar-refractivity contribution is 5.92. The number of anilines is 1. The summed E-state index contributed by atoms with van der Waals surface area (Å²) in [7, 11) is 0. The van der Waals surface area contributed by atoms with Crippen LogP contribution < -0.4 is 11.1 Å². The van der Waals surface area contributed by atoms with E-state index in [0.717, 1.165) is 57.7 Å². The lowest BCUT2D eigenvalue weighted by atomic mass is 9.88. The number of rotatable bonds is 5. The van der Waals surface area contributed by atoms with E-state index < -0.39 is 0 Å². The summed E-state index contributed by atoms with van der Waals surface area (Å²) in [6.45, 7) is 5.14. The molecule has 0 radical (unpaired) electrons. The molecule has 0 unspecified atom stereocenters. The number of benzene rings is 1. The topological polar surface area (TPSA) is 74.0 Å². The smallest absolute Gasteiger partial charge is 0.225 e. The molecule has 6 heteroatoms. The third-order valence-corrected chi connectivity index (χ3v) is 6.71. The van der Waals surface area contributed by atoms with E-state index in [1.807, 2.05) is 0 Å². The Balaban J connectivity index is 1.17. The Labute approximate surface area is 174 Å². The highest BCUT2D eigenvalue weighted by atomic mass is 16.2. The predicted molar refractivity (Wildman–Crippen MR) is 118 cm³/mol. The first kappa shape index (κ1) is 20.2. The molecule has 0 aromatic heterocycles. The lowest BCUT2D eigenvalue weighted by molar-refractivity contribution is -0.138. The van der Waals surface area contributed by atoms with Crippen molar-refractivity contribution < 1.29 is 4.79 Å². The van der Waals surface area contributed by atoms with Crippen molar-refractivity contribution in [2.24, 2.45) is 16.6 Å². The van der Waals surface area contributed by atoms with E-state index in [0.29, 0.717) is 18.4 Å².